The summed E-state index contributed by atoms with van der Waals surface area (Å²) in [6.45, 7) is 5.06. The van der Waals surface area contributed by atoms with Crippen molar-refractivity contribution >= 4 is 10.9 Å². The molecule has 2 atom stereocenters. The van der Waals surface area contributed by atoms with Crippen molar-refractivity contribution in [2.45, 2.75) is 44.9 Å². The van der Waals surface area contributed by atoms with Gasteiger partial charge in [-0.2, -0.15) is 0 Å². The Morgan fingerprint density at radius 1 is 1.07 bits per heavy atom. The molecule has 2 nitrogen and oxygen atoms in total. The number of hydrogen-bond acceptors (Lipinski definition) is 1. The molecule has 2 aromatic carbocycles. The maximum atomic E-state index is 14.7. The first-order valence-electron chi connectivity index (χ1n) is 9.24. The fraction of sp³-hybridized carbons (Fsp3) is 0.364. The largest absolute Gasteiger partial charge is 0.357 e. The third-order valence-corrected chi connectivity index (χ3v) is 5.35. The number of halogens is 3. The number of aromatic nitrogens is 1. The number of rotatable bonds is 3. The Morgan fingerprint density at radius 2 is 1.74 bits per heavy atom. The molecule has 0 fully saturated rings. The summed E-state index contributed by atoms with van der Waals surface area (Å²) in [6, 6.07) is 11.0. The summed E-state index contributed by atoms with van der Waals surface area (Å²) in [5, 5.41) is 1.06. The van der Waals surface area contributed by atoms with Gasteiger partial charge >= 0.3 is 0 Å². The molecule has 0 amide bonds. The molecule has 1 aromatic heterocycles. The van der Waals surface area contributed by atoms with E-state index in [9.17, 15) is 13.2 Å². The molecule has 4 rings (SSSR count). The van der Waals surface area contributed by atoms with Gasteiger partial charge in [-0.1, -0.05) is 24.3 Å². The van der Waals surface area contributed by atoms with Gasteiger partial charge in [0.2, 0.25) is 0 Å². The second kappa shape index (κ2) is 6.41. The highest BCUT2D eigenvalue weighted by Gasteiger charge is 2.40. The predicted octanol–water partition coefficient (Wildman–Crippen LogP) is 5.53. The summed E-state index contributed by atoms with van der Waals surface area (Å²) in [6.07, 6.45) is 0.696. The lowest BCUT2D eigenvalue weighted by Gasteiger charge is -2.43. The Kier molecular flexibility index (Phi) is 4.30. The van der Waals surface area contributed by atoms with Crippen molar-refractivity contribution in [3.8, 4) is 0 Å². The van der Waals surface area contributed by atoms with Crippen LogP contribution in [0.25, 0.3) is 10.9 Å². The first-order chi connectivity index (χ1) is 12.8. The van der Waals surface area contributed by atoms with E-state index in [1.165, 1.54) is 32.0 Å². The molecule has 0 saturated heterocycles. The smallest absolute Gasteiger partial charge is 0.131 e. The highest BCUT2D eigenvalue weighted by molar-refractivity contribution is 5.85. The molecule has 0 bridgehead atoms. The molecule has 0 aliphatic carbocycles. The van der Waals surface area contributed by atoms with Crippen LogP contribution in [0.2, 0.25) is 0 Å². The van der Waals surface area contributed by atoms with Gasteiger partial charge in [-0.3, -0.25) is 4.90 Å². The maximum Gasteiger partial charge on any atom is 0.131 e. The topological polar surface area (TPSA) is 19.0 Å². The van der Waals surface area contributed by atoms with Gasteiger partial charge in [-0.05, 0) is 51.0 Å². The molecule has 1 N–H and O–H groups in total. The van der Waals surface area contributed by atoms with Crippen LogP contribution in [0.1, 0.15) is 43.6 Å². The lowest BCUT2D eigenvalue weighted by Crippen LogP contribution is -2.48. The van der Waals surface area contributed by atoms with Gasteiger partial charge in [-0.15, -0.1) is 0 Å². The molecule has 0 spiro atoms. The Bertz CT molecular complexity index is 967. The molecule has 1 aliphatic heterocycles. The Morgan fingerprint density at radius 3 is 2.41 bits per heavy atom. The van der Waals surface area contributed by atoms with Gasteiger partial charge in [0.05, 0.1) is 6.04 Å². The van der Waals surface area contributed by atoms with Crippen molar-refractivity contribution in [1.29, 1.82) is 0 Å². The van der Waals surface area contributed by atoms with E-state index in [-0.39, 0.29) is 18.2 Å². The van der Waals surface area contributed by atoms with E-state index >= 15 is 0 Å². The van der Waals surface area contributed by atoms with E-state index in [0.717, 1.165) is 22.2 Å². The lowest BCUT2D eigenvalue weighted by molar-refractivity contribution is 0.0643. The van der Waals surface area contributed by atoms with Crippen molar-refractivity contribution in [3.63, 3.8) is 0 Å². The average molecular weight is 372 g/mol. The number of H-pyrrole nitrogens is 1. The van der Waals surface area contributed by atoms with Crippen LogP contribution in [0.4, 0.5) is 13.2 Å². The van der Waals surface area contributed by atoms with Crippen molar-refractivity contribution < 1.29 is 13.2 Å². The number of benzene rings is 2. The van der Waals surface area contributed by atoms with Crippen molar-refractivity contribution in [2.24, 2.45) is 0 Å². The SMILES string of the molecule is CC1Cc2c([nH]c3ccccc23)C(c2c(F)cccc2F)N1CC(C)(C)F. The number of alkyl halides is 1. The highest BCUT2D eigenvalue weighted by Crippen LogP contribution is 2.43. The summed E-state index contributed by atoms with van der Waals surface area (Å²) in [5.41, 5.74) is 1.22. The Labute approximate surface area is 157 Å². The first-order valence-corrected chi connectivity index (χ1v) is 9.24. The summed E-state index contributed by atoms with van der Waals surface area (Å²) in [5.74, 6) is -1.22. The third-order valence-electron chi connectivity index (χ3n) is 5.35. The average Bonchev–Trinajstić information content (AvgIpc) is 2.94. The van der Waals surface area contributed by atoms with Gasteiger partial charge in [-0.25, -0.2) is 13.2 Å². The van der Waals surface area contributed by atoms with Crippen LogP contribution in [0.15, 0.2) is 42.5 Å². The molecule has 142 valence electrons. The summed E-state index contributed by atoms with van der Waals surface area (Å²) >= 11 is 0. The molecule has 0 radical (unpaired) electrons. The fourth-order valence-electron chi connectivity index (χ4n) is 4.27. The van der Waals surface area contributed by atoms with Gasteiger partial charge in [0.15, 0.2) is 0 Å². The predicted molar refractivity (Wildman–Crippen MR) is 102 cm³/mol. The molecule has 2 heterocycles. The van der Waals surface area contributed by atoms with Crippen molar-refractivity contribution in [2.75, 3.05) is 6.54 Å². The molecule has 27 heavy (non-hydrogen) atoms. The summed E-state index contributed by atoms with van der Waals surface area (Å²) in [4.78, 5) is 5.23. The normalized spacial score (nSPS) is 20.8. The van der Waals surface area contributed by atoms with E-state index in [0.29, 0.717) is 6.42 Å². The van der Waals surface area contributed by atoms with Crippen LogP contribution in [0.3, 0.4) is 0 Å². The number of para-hydroxylation sites is 1. The second-order valence-corrected chi connectivity index (χ2v) is 8.04. The number of fused-ring (bicyclic) bond motifs is 3. The summed E-state index contributed by atoms with van der Waals surface area (Å²) in [7, 11) is 0. The second-order valence-electron chi connectivity index (χ2n) is 8.04. The maximum absolute atomic E-state index is 14.7. The molecule has 2 unspecified atom stereocenters. The molecule has 0 saturated carbocycles. The van der Waals surface area contributed by atoms with Crippen LogP contribution in [0, 0.1) is 11.6 Å². The molecule has 1 aliphatic rings. The minimum Gasteiger partial charge on any atom is -0.357 e. The van der Waals surface area contributed by atoms with Crippen LogP contribution < -0.4 is 0 Å². The summed E-state index contributed by atoms with van der Waals surface area (Å²) < 4.78 is 44.1. The van der Waals surface area contributed by atoms with E-state index < -0.39 is 23.3 Å². The van der Waals surface area contributed by atoms with Crippen LogP contribution in [0.5, 0.6) is 0 Å². The zero-order valence-electron chi connectivity index (χ0n) is 15.7. The van der Waals surface area contributed by atoms with E-state index in [1.807, 2.05) is 36.1 Å². The molecule has 3 aromatic rings. The highest BCUT2D eigenvalue weighted by atomic mass is 19.1. The van der Waals surface area contributed by atoms with Crippen molar-refractivity contribution in [1.82, 2.24) is 9.88 Å². The third kappa shape index (κ3) is 3.14. The number of nitrogens with one attached hydrogen (secondary N) is 1. The van der Waals surface area contributed by atoms with Gasteiger partial charge in [0.1, 0.15) is 17.3 Å². The number of hydrogen-bond donors (Lipinski definition) is 1. The first kappa shape index (κ1) is 18.1. The molecule has 5 heteroatoms. The Balaban J connectivity index is 1.97. The quantitative estimate of drug-likeness (QED) is 0.640. The van der Waals surface area contributed by atoms with Gasteiger partial charge in [0, 0.05) is 34.7 Å². The van der Waals surface area contributed by atoms with E-state index in [2.05, 4.69) is 4.98 Å². The molecular formula is C22H23F3N2. The van der Waals surface area contributed by atoms with E-state index in [1.54, 1.807) is 0 Å². The Hall–Kier alpha value is -2.27. The number of aromatic amines is 1. The lowest BCUT2D eigenvalue weighted by atomic mass is 9.87. The van der Waals surface area contributed by atoms with Gasteiger partial charge in [0.25, 0.3) is 0 Å². The zero-order valence-corrected chi connectivity index (χ0v) is 15.7. The van der Waals surface area contributed by atoms with Gasteiger partial charge < -0.3 is 4.98 Å². The van der Waals surface area contributed by atoms with E-state index in [4.69, 9.17) is 0 Å². The van der Waals surface area contributed by atoms with Crippen LogP contribution in [-0.2, 0) is 6.42 Å². The van der Waals surface area contributed by atoms with Crippen LogP contribution in [-0.4, -0.2) is 28.1 Å². The fourth-order valence-corrected chi connectivity index (χ4v) is 4.27. The minimum atomic E-state index is -1.49. The zero-order chi connectivity index (χ0) is 19.3. The standard InChI is InChI=1S/C22H23F3N2/c1-13-11-15-14-7-4-5-10-18(14)26-20(15)21(27(13)12-22(2,3)25)19-16(23)8-6-9-17(19)24/h4-10,13,21,26H,11-12H2,1-3H3. The number of nitrogens with zero attached hydrogens (tertiary/aromatic N) is 1. The monoisotopic (exact) mass is 372 g/mol. The minimum absolute atomic E-state index is 0.0268. The van der Waals surface area contributed by atoms with Crippen LogP contribution >= 0.6 is 0 Å². The molecular weight excluding hydrogens is 349 g/mol. The van der Waals surface area contributed by atoms with Crippen molar-refractivity contribution in [3.05, 3.63) is 70.9 Å².